The summed E-state index contributed by atoms with van der Waals surface area (Å²) in [5, 5.41) is -0.608. The van der Waals surface area contributed by atoms with Crippen LogP contribution in [0.3, 0.4) is 0 Å². The second kappa shape index (κ2) is 2.90. The summed E-state index contributed by atoms with van der Waals surface area (Å²) in [6.45, 7) is 1.52. The van der Waals surface area contributed by atoms with Gasteiger partial charge in [-0.15, -0.1) is 11.6 Å². The van der Waals surface area contributed by atoms with Gasteiger partial charge in [0.15, 0.2) is 4.33 Å². The molecule has 0 aromatic carbocycles. The van der Waals surface area contributed by atoms with E-state index in [2.05, 4.69) is 0 Å². The Hall–Kier alpha value is 0.540. The zero-order chi connectivity index (χ0) is 6.78. The van der Waals surface area contributed by atoms with E-state index in [1.807, 2.05) is 0 Å². The molecule has 0 spiro atoms. The lowest BCUT2D eigenvalue weighted by atomic mass is 10.3. The monoisotopic (exact) mass is 173 g/mol. The van der Waals surface area contributed by atoms with Crippen molar-refractivity contribution in [3.8, 4) is 0 Å². The minimum Gasteiger partial charge on any atom is -0.287 e. The van der Waals surface area contributed by atoms with Gasteiger partial charge >= 0.3 is 0 Å². The van der Waals surface area contributed by atoms with Gasteiger partial charge in [-0.2, -0.15) is 0 Å². The number of halogens is 3. The number of hydrogen-bond donors (Lipinski definition) is 0. The molecule has 8 heavy (non-hydrogen) atoms. The molecule has 1 unspecified atom stereocenters. The molecule has 0 aliphatic rings. The molecule has 0 aromatic heterocycles. The van der Waals surface area contributed by atoms with Crippen LogP contribution in [0.25, 0.3) is 0 Å². The van der Waals surface area contributed by atoms with Crippen LogP contribution in [0.2, 0.25) is 0 Å². The van der Waals surface area contributed by atoms with Gasteiger partial charge in [-0.05, 0) is 6.92 Å². The number of carbonyl (C=O) groups excluding carboxylic acids is 1. The van der Waals surface area contributed by atoms with Crippen LogP contribution in [0.15, 0.2) is 0 Å². The molecular weight excluding hydrogens is 170 g/mol. The zero-order valence-corrected chi connectivity index (χ0v) is 6.39. The van der Waals surface area contributed by atoms with E-state index in [0.29, 0.717) is 0 Å². The summed E-state index contributed by atoms with van der Waals surface area (Å²) in [5.74, 6) is 0. The van der Waals surface area contributed by atoms with Crippen molar-refractivity contribution >= 4 is 41.1 Å². The van der Waals surface area contributed by atoms with Crippen molar-refractivity contribution in [2.45, 2.75) is 16.6 Å². The number of rotatable bonds is 2. The Labute approximate surface area is 62.9 Å². The summed E-state index contributed by atoms with van der Waals surface area (Å²) >= 11 is 15.9. The average molecular weight is 174 g/mol. The molecule has 0 fully saturated rings. The molecule has 0 aromatic rings. The maximum atomic E-state index is 9.79. The minimum absolute atomic E-state index is 0.608. The Morgan fingerprint density at radius 3 is 2.00 bits per heavy atom. The first-order valence-electron chi connectivity index (χ1n) is 1.92. The molecular formula is C4H4Cl3O. The SMILES string of the molecule is CC(Cl)C(Cl)(Cl)[C]=O. The summed E-state index contributed by atoms with van der Waals surface area (Å²) in [5.41, 5.74) is 0. The van der Waals surface area contributed by atoms with Gasteiger partial charge in [-0.1, -0.05) is 23.2 Å². The molecule has 1 nitrogen and oxygen atoms in total. The summed E-state index contributed by atoms with van der Waals surface area (Å²) in [6, 6.07) is 0. The van der Waals surface area contributed by atoms with Crippen LogP contribution in [-0.4, -0.2) is 16.0 Å². The van der Waals surface area contributed by atoms with E-state index in [1.54, 1.807) is 0 Å². The van der Waals surface area contributed by atoms with E-state index in [9.17, 15) is 4.79 Å². The van der Waals surface area contributed by atoms with E-state index >= 15 is 0 Å². The summed E-state index contributed by atoms with van der Waals surface area (Å²) in [7, 11) is 0. The van der Waals surface area contributed by atoms with E-state index in [1.165, 1.54) is 13.2 Å². The molecule has 0 rings (SSSR count). The van der Waals surface area contributed by atoms with Crippen LogP contribution in [0.5, 0.6) is 0 Å². The highest BCUT2D eigenvalue weighted by atomic mass is 35.5. The molecule has 0 N–H and O–H groups in total. The third-order valence-electron chi connectivity index (χ3n) is 0.636. The maximum absolute atomic E-state index is 9.79. The highest BCUT2D eigenvalue weighted by Crippen LogP contribution is 2.26. The van der Waals surface area contributed by atoms with Crippen molar-refractivity contribution in [2.24, 2.45) is 0 Å². The lowest BCUT2D eigenvalue weighted by Gasteiger charge is -2.11. The molecule has 0 bridgehead atoms. The number of alkyl halides is 3. The van der Waals surface area contributed by atoms with Crippen molar-refractivity contribution < 1.29 is 4.79 Å². The first kappa shape index (κ1) is 8.54. The molecule has 0 saturated carbocycles. The predicted octanol–water partition coefficient (Wildman–Crippen LogP) is 1.90. The Balaban J connectivity index is 3.90. The van der Waals surface area contributed by atoms with Gasteiger partial charge in [0.2, 0.25) is 6.29 Å². The van der Waals surface area contributed by atoms with Crippen LogP contribution in [0, 0.1) is 0 Å². The smallest absolute Gasteiger partial charge is 0.239 e. The first-order valence-corrected chi connectivity index (χ1v) is 3.11. The standard InChI is InChI=1S/C4H4Cl3O/c1-3(5)4(6,7)2-8/h3H,1H3. The average Bonchev–Trinajstić information content (AvgIpc) is 1.67. The van der Waals surface area contributed by atoms with Gasteiger partial charge in [-0.25, -0.2) is 0 Å². The van der Waals surface area contributed by atoms with Crippen molar-refractivity contribution in [1.82, 2.24) is 0 Å². The van der Waals surface area contributed by atoms with Crippen LogP contribution >= 0.6 is 34.8 Å². The van der Waals surface area contributed by atoms with Crippen LogP contribution in [-0.2, 0) is 4.79 Å². The minimum atomic E-state index is -1.55. The fraction of sp³-hybridized carbons (Fsp3) is 0.750. The van der Waals surface area contributed by atoms with Gasteiger partial charge in [0.05, 0.1) is 5.38 Å². The first-order chi connectivity index (χ1) is 3.50. The molecule has 0 heterocycles. The molecule has 0 saturated heterocycles. The summed E-state index contributed by atoms with van der Waals surface area (Å²) in [4.78, 5) is 9.79. The van der Waals surface area contributed by atoms with Gasteiger partial charge < -0.3 is 0 Å². The molecule has 1 atom stereocenters. The van der Waals surface area contributed by atoms with E-state index < -0.39 is 9.71 Å². The molecule has 0 amide bonds. The molecule has 0 aliphatic carbocycles. The Morgan fingerprint density at radius 2 is 2.00 bits per heavy atom. The van der Waals surface area contributed by atoms with E-state index in [0.717, 1.165) is 0 Å². The van der Waals surface area contributed by atoms with Crippen LogP contribution in [0.4, 0.5) is 0 Å². The maximum Gasteiger partial charge on any atom is 0.239 e. The van der Waals surface area contributed by atoms with Crippen LogP contribution in [0.1, 0.15) is 6.92 Å². The quantitative estimate of drug-likeness (QED) is 0.585. The number of hydrogen-bond acceptors (Lipinski definition) is 1. The second-order valence-electron chi connectivity index (χ2n) is 1.34. The highest BCUT2D eigenvalue weighted by molar-refractivity contribution is 6.59. The third kappa shape index (κ3) is 2.21. The predicted molar refractivity (Wildman–Crippen MR) is 35.4 cm³/mol. The highest BCUT2D eigenvalue weighted by Gasteiger charge is 2.30. The van der Waals surface area contributed by atoms with E-state index in [4.69, 9.17) is 34.8 Å². The topological polar surface area (TPSA) is 17.1 Å². The van der Waals surface area contributed by atoms with Gasteiger partial charge in [0.25, 0.3) is 0 Å². The van der Waals surface area contributed by atoms with Gasteiger partial charge in [0, 0.05) is 0 Å². The largest absolute Gasteiger partial charge is 0.287 e. The van der Waals surface area contributed by atoms with Crippen molar-refractivity contribution in [1.29, 1.82) is 0 Å². The Morgan fingerprint density at radius 1 is 1.62 bits per heavy atom. The lowest BCUT2D eigenvalue weighted by molar-refractivity contribution is 0.547. The molecule has 1 radical (unpaired) electrons. The van der Waals surface area contributed by atoms with Crippen LogP contribution < -0.4 is 0 Å². The molecule has 47 valence electrons. The van der Waals surface area contributed by atoms with E-state index in [-0.39, 0.29) is 0 Å². The zero-order valence-electron chi connectivity index (χ0n) is 4.12. The van der Waals surface area contributed by atoms with Crippen molar-refractivity contribution in [3.63, 3.8) is 0 Å². The molecule has 4 heteroatoms. The Kier molecular flexibility index (Phi) is 3.10. The normalized spacial score (nSPS) is 15.5. The van der Waals surface area contributed by atoms with Gasteiger partial charge in [0.1, 0.15) is 0 Å². The molecule has 0 aliphatic heterocycles. The fourth-order valence-electron chi connectivity index (χ4n) is 0.0812. The van der Waals surface area contributed by atoms with Gasteiger partial charge in [-0.3, -0.25) is 4.79 Å². The lowest BCUT2D eigenvalue weighted by Crippen LogP contribution is -2.24. The third-order valence-corrected chi connectivity index (χ3v) is 2.00. The van der Waals surface area contributed by atoms with Crippen molar-refractivity contribution in [3.05, 3.63) is 0 Å². The Bertz CT molecular complexity index is 89.3. The summed E-state index contributed by atoms with van der Waals surface area (Å²) < 4.78 is -1.55. The van der Waals surface area contributed by atoms with Crippen molar-refractivity contribution in [2.75, 3.05) is 0 Å². The second-order valence-corrected chi connectivity index (χ2v) is 3.38. The fourth-order valence-corrected chi connectivity index (χ4v) is 0.126. The summed E-state index contributed by atoms with van der Waals surface area (Å²) in [6.07, 6.45) is 1.39.